The van der Waals surface area contributed by atoms with Crippen LogP contribution in [-0.4, -0.2) is 38.4 Å². The first-order chi connectivity index (χ1) is 13.5. The van der Waals surface area contributed by atoms with Gasteiger partial charge in [0.05, 0.1) is 31.0 Å². The van der Waals surface area contributed by atoms with Crippen LogP contribution < -0.4 is 14.3 Å². The normalized spacial score (nSPS) is 11.8. The molecule has 0 radical (unpaired) electrons. The summed E-state index contributed by atoms with van der Waals surface area (Å²) in [6.45, 7) is 5.26. The summed E-state index contributed by atoms with van der Waals surface area (Å²) in [5, 5.41) is 0. The van der Waals surface area contributed by atoms with Crippen LogP contribution in [0.25, 0.3) is 10.2 Å². The zero-order valence-electron chi connectivity index (χ0n) is 16.7. The number of benzene rings is 2. The monoisotopic (exact) mass is 400 g/mol. The van der Waals surface area contributed by atoms with E-state index in [1.807, 2.05) is 4.57 Å². The van der Waals surface area contributed by atoms with Crippen LogP contribution >= 0.6 is 11.3 Å². The quantitative estimate of drug-likeness (QED) is 0.633. The Labute approximate surface area is 168 Å². The van der Waals surface area contributed by atoms with Crippen LogP contribution in [0, 0.1) is 13.8 Å². The maximum absolute atomic E-state index is 13.1. The highest BCUT2D eigenvalue weighted by molar-refractivity contribution is 7.16. The lowest BCUT2D eigenvalue weighted by atomic mass is 10.1. The molecule has 1 aromatic heterocycles. The van der Waals surface area contributed by atoms with Crippen LogP contribution in [-0.2, 0) is 11.3 Å². The highest BCUT2D eigenvalue weighted by Gasteiger charge is 2.19. The molecule has 0 spiro atoms. The van der Waals surface area contributed by atoms with Crippen molar-refractivity contribution in [2.24, 2.45) is 4.99 Å². The largest absolute Gasteiger partial charge is 0.496 e. The van der Waals surface area contributed by atoms with Crippen molar-refractivity contribution in [3.05, 3.63) is 51.8 Å². The number of aryl methyl sites for hydroxylation is 2. The van der Waals surface area contributed by atoms with E-state index in [4.69, 9.17) is 14.2 Å². The van der Waals surface area contributed by atoms with Crippen LogP contribution in [0.1, 0.15) is 21.5 Å². The van der Waals surface area contributed by atoms with E-state index in [-0.39, 0.29) is 0 Å². The van der Waals surface area contributed by atoms with Crippen molar-refractivity contribution >= 4 is 27.5 Å². The SMILES string of the molecule is COCCn1c(=NC(=O)c2c(OC)cccc2OC)sc2c(C)cc(C)cc21. The van der Waals surface area contributed by atoms with Gasteiger partial charge in [-0.05, 0) is 43.2 Å². The Kier molecular flexibility index (Phi) is 6.16. The fourth-order valence-corrected chi connectivity index (χ4v) is 4.31. The fourth-order valence-electron chi connectivity index (χ4n) is 3.20. The number of nitrogens with zero attached hydrogens (tertiary/aromatic N) is 2. The van der Waals surface area contributed by atoms with E-state index < -0.39 is 5.91 Å². The summed E-state index contributed by atoms with van der Waals surface area (Å²) in [7, 11) is 4.71. The van der Waals surface area contributed by atoms with Gasteiger partial charge in [-0.3, -0.25) is 4.79 Å². The highest BCUT2D eigenvalue weighted by Crippen LogP contribution is 2.29. The van der Waals surface area contributed by atoms with Crippen molar-refractivity contribution in [3.63, 3.8) is 0 Å². The average molecular weight is 401 g/mol. The smallest absolute Gasteiger partial charge is 0.287 e. The number of aromatic nitrogens is 1. The minimum Gasteiger partial charge on any atom is -0.496 e. The van der Waals surface area contributed by atoms with Crippen molar-refractivity contribution in [2.75, 3.05) is 27.9 Å². The lowest BCUT2D eigenvalue weighted by molar-refractivity contribution is 0.0991. The summed E-state index contributed by atoms with van der Waals surface area (Å²) in [4.78, 5) is 18.1. The molecule has 0 aliphatic heterocycles. The van der Waals surface area contributed by atoms with Crippen molar-refractivity contribution in [3.8, 4) is 11.5 Å². The van der Waals surface area contributed by atoms with Gasteiger partial charge in [0.1, 0.15) is 17.1 Å². The molecule has 0 aliphatic rings. The molecule has 0 saturated carbocycles. The van der Waals surface area contributed by atoms with Crippen molar-refractivity contribution in [1.29, 1.82) is 0 Å². The molecule has 0 atom stereocenters. The Morgan fingerprint density at radius 3 is 2.39 bits per heavy atom. The van der Waals surface area contributed by atoms with Crippen LogP contribution in [0.15, 0.2) is 35.3 Å². The maximum Gasteiger partial charge on any atom is 0.287 e. The molecule has 0 N–H and O–H groups in total. The van der Waals surface area contributed by atoms with Gasteiger partial charge in [-0.1, -0.05) is 23.5 Å². The summed E-state index contributed by atoms with van der Waals surface area (Å²) in [5.74, 6) is 0.468. The number of carbonyl (C=O) groups excluding carboxylic acids is 1. The molecule has 1 heterocycles. The number of rotatable bonds is 6. The van der Waals surface area contributed by atoms with E-state index in [0.717, 1.165) is 15.8 Å². The molecule has 0 saturated heterocycles. The second kappa shape index (κ2) is 8.58. The molecule has 6 nitrogen and oxygen atoms in total. The van der Waals surface area contributed by atoms with E-state index >= 15 is 0 Å². The highest BCUT2D eigenvalue weighted by atomic mass is 32.1. The Morgan fingerprint density at radius 2 is 1.79 bits per heavy atom. The van der Waals surface area contributed by atoms with Gasteiger partial charge >= 0.3 is 0 Å². The lowest BCUT2D eigenvalue weighted by Gasteiger charge is -2.10. The fraction of sp³-hybridized carbons (Fsp3) is 0.333. The first-order valence-corrected chi connectivity index (χ1v) is 9.71. The number of ether oxygens (including phenoxy) is 3. The summed E-state index contributed by atoms with van der Waals surface area (Å²) < 4.78 is 19.1. The molecule has 3 rings (SSSR count). The van der Waals surface area contributed by atoms with Crippen LogP contribution in [0.2, 0.25) is 0 Å². The van der Waals surface area contributed by atoms with Gasteiger partial charge in [0.25, 0.3) is 5.91 Å². The molecule has 1 amide bonds. The predicted molar refractivity (Wildman–Crippen MR) is 111 cm³/mol. The third-order valence-corrected chi connectivity index (χ3v) is 5.70. The van der Waals surface area contributed by atoms with Gasteiger partial charge < -0.3 is 18.8 Å². The summed E-state index contributed by atoms with van der Waals surface area (Å²) in [6.07, 6.45) is 0. The standard InChI is InChI=1S/C21H24N2O4S/c1-13-11-14(2)19-15(12-13)23(9-10-25-3)21(28-19)22-20(24)18-16(26-4)7-6-8-17(18)27-5/h6-8,11-12H,9-10H2,1-5H3. The number of thiazole rings is 1. The van der Waals surface area contributed by atoms with E-state index in [1.165, 1.54) is 31.1 Å². The summed E-state index contributed by atoms with van der Waals surface area (Å²) >= 11 is 1.50. The number of hydrogen-bond acceptors (Lipinski definition) is 5. The molecular weight excluding hydrogens is 376 g/mol. The van der Waals surface area contributed by atoms with E-state index in [9.17, 15) is 4.79 Å². The maximum atomic E-state index is 13.1. The van der Waals surface area contributed by atoms with Crippen LogP contribution in [0.4, 0.5) is 0 Å². The number of carbonyl (C=O) groups is 1. The molecule has 0 unspecified atom stereocenters. The van der Waals surface area contributed by atoms with Gasteiger partial charge in [0, 0.05) is 13.7 Å². The Morgan fingerprint density at radius 1 is 1.11 bits per heavy atom. The van der Waals surface area contributed by atoms with E-state index in [0.29, 0.717) is 35.0 Å². The zero-order valence-corrected chi connectivity index (χ0v) is 17.6. The van der Waals surface area contributed by atoms with Gasteiger partial charge in [-0.25, -0.2) is 0 Å². The van der Waals surface area contributed by atoms with Crippen molar-refractivity contribution < 1.29 is 19.0 Å². The topological polar surface area (TPSA) is 62.1 Å². The molecular formula is C21H24N2O4S. The first-order valence-electron chi connectivity index (χ1n) is 8.89. The van der Waals surface area contributed by atoms with Crippen molar-refractivity contribution in [1.82, 2.24) is 4.57 Å². The van der Waals surface area contributed by atoms with E-state index in [2.05, 4.69) is 31.0 Å². The average Bonchev–Trinajstić information content (AvgIpc) is 3.02. The molecule has 28 heavy (non-hydrogen) atoms. The van der Waals surface area contributed by atoms with E-state index in [1.54, 1.807) is 25.3 Å². The third kappa shape index (κ3) is 3.81. The third-order valence-electron chi connectivity index (χ3n) is 4.47. The summed E-state index contributed by atoms with van der Waals surface area (Å²) in [6, 6.07) is 9.47. The molecule has 3 aromatic rings. The number of amides is 1. The molecule has 148 valence electrons. The molecule has 2 aromatic carbocycles. The number of fused-ring (bicyclic) bond motifs is 1. The van der Waals surface area contributed by atoms with Crippen molar-refractivity contribution in [2.45, 2.75) is 20.4 Å². The van der Waals surface area contributed by atoms with Crippen LogP contribution in [0.3, 0.4) is 0 Å². The molecule has 7 heteroatoms. The zero-order chi connectivity index (χ0) is 20.3. The second-order valence-electron chi connectivity index (χ2n) is 6.41. The Hall–Kier alpha value is -2.64. The molecule has 0 fully saturated rings. The van der Waals surface area contributed by atoms with Gasteiger partial charge in [-0.2, -0.15) is 4.99 Å². The summed E-state index contributed by atoms with van der Waals surface area (Å²) in [5.41, 5.74) is 3.70. The number of hydrogen-bond donors (Lipinski definition) is 0. The Bertz CT molecular complexity index is 1060. The van der Waals surface area contributed by atoms with Crippen LogP contribution in [0.5, 0.6) is 11.5 Å². The first kappa shape index (κ1) is 20.1. The predicted octanol–water partition coefficient (Wildman–Crippen LogP) is 3.72. The van der Waals surface area contributed by atoms with Gasteiger partial charge in [0.15, 0.2) is 4.80 Å². The number of methoxy groups -OCH3 is 3. The molecule has 0 aliphatic carbocycles. The van der Waals surface area contributed by atoms with Gasteiger partial charge in [0.2, 0.25) is 0 Å². The minimum atomic E-state index is -0.401. The molecule has 0 bridgehead atoms. The second-order valence-corrected chi connectivity index (χ2v) is 7.39. The lowest BCUT2D eigenvalue weighted by Crippen LogP contribution is -2.19. The Balaban J connectivity index is 2.22. The van der Waals surface area contributed by atoms with Gasteiger partial charge in [-0.15, -0.1) is 0 Å². The minimum absolute atomic E-state index is 0.316.